The van der Waals surface area contributed by atoms with Gasteiger partial charge in [0.2, 0.25) is 24.0 Å². The Morgan fingerprint density at radius 3 is 1.81 bits per heavy atom. The predicted octanol–water partition coefficient (Wildman–Crippen LogP) is 3.39. The summed E-state index contributed by atoms with van der Waals surface area (Å²) in [5.74, 6) is 0. The standard InChI is InChI=1S/C22H24N2O5S3/c1-15-3-7-18(8-4-15)31(26,27)20-21(24-13-11-17(25)12-14-24)30-22(23-20)32(28,29)19-9-5-16(2)6-10-19/h3-10,17,25H,11-14H2,1-2H3. The number of sulfone groups is 2. The average molecular weight is 493 g/mol. The average Bonchev–Trinajstić information content (AvgIpc) is 3.22. The Bertz CT molecular complexity index is 1320. The van der Waals surface area contributed by atoms with Crippen LogP contribution < -0.4 is 4.90 Å². The maximum atomic E-state index is 13.5. The van der Waals surface area contributed by atoms with Crippen molar-refractivity contribution in [3.05, 3.63) is 59.7 Å². The van der Waals surface area contributed by atoms with Crippen LogP contribution >= 0.6 is 11.3 Å². The Morgan fingerprint density at radius 1 is 0.844 bits per heavy atom. The van der Waals surface area contributed by atoms with Gasteiger partial charge in [-0.25, -0.2) is 21.8 Å². The lowest BCUT2D eigenvalue weighted by Gasteiger charge is -2.30. The van der Waals surface area contributed by atoms with Gasteiger partial charge in [0.25, 0.3) is 0 Å². The summed E-state index contributed by atoms with van der Waals surface area (Å²) in [6, 6.07) is 12.8. The van der Waals surface area contributed by atoms with Crippen molar-refractivity contribution in [2.45, 2.75) is 51.9 Å². The molecule has 1 aliphatic heterocycles. The molecule has 0 amide bonds. The number of hydrogen-bond acceptors (Lipinski definition) is 8. The normalized spacial score (nSPS) is 15.8. The quantitative estimate of drug-likeness (QED) is 0.582. The number of nitrogens with zero attached hydrogens (tertiary/aromatic N) is 2. The van der Waals surface area contributed by atoms with E-state index in [0.29, 0.717) is 30.9 Å². The zero-order valence-corrected chi connectivity index (χ0v) is 20.2. The van der Waals surface area contributed by atoms with Crippen molar-refractivity contribution in [1.82, 2.24) is 4.98 Å². The molecule has 32 heavy (non-hydrogen) atoms. The largest absolute Gasteiger partial charge is 0.393 e. The van der Waals surface area contributed by atoms with Gasteiger partial charge < -0.3 is 10.0 Å². The summed E-state index contributed by atoms with van der Waals surface area (Å²) in [6.45, 7) is 4.55. The first-order valence-corrected chi connectivity index (χ1v) is 13.9. The van der Waals surface area contributed by atoms with Gasteiger partial charge in [0.05, 0.1) is 15.9 Å². The van der Waals surface area contributed by atoms with E-state index in [4.69, 9.17) is 0 Å². The van der Waals surface area contributed by atoms with E-state index in [0.717, 1.165) is 22.5 Å². The lowest BCUT2D eigenvalue weighted by Crippen LogP contribution is -2.36. The zero-order valence-electron chi connectivity index (χ0n) is 17.7. The molecule has 0 spiro atoms. The van der Waals surface area contributed by atoms with E-state index >= 15 is 0 Å². The molecule has 0 unspecified atom stereocenters. The number of piperidine rings is 1. The Kier molecular flexibility index (Phi) is 6.15. The third-order valence-corrected chi connectivity index (χ3v) is 10.5. The Morgan fingerprint density at radius 2 is 1.31 bits per heavy atom. The number of aryl methyl sites for hydroxylation is 2. The SMILES string of the molecule is Cc1ccc(S(=O)(=O)c2nc(S(=O)(=O)c3ccc(C)cc3)c(N3CCC(O)CC3)s2)cc1. The third kappa shape index (κ3) is 4.32. The Hall–Kier alpha value is -2.27. The molecular weight excluding hydrogens is 468 g/mol. The molecule has 1 saturated heterocycles. The van der Waals surface area contributed by atoms with Gasteiger partial charge in [0, 0.05) is 13.1 Å². The number of benzene rings is 2. The molecule has 3 aromatic rings. The van der Waals surface area contributed by atoms with Crippen LogP contribution in [0.4, 0.5) is 5.00 Å². The molecule has 0 radical (unpaired) electrons. The fourth-order valence-electron chi connectivity index (χ4n) is 3.49. The molecule has 0 aliphatic carbocycles. The summed E-state index contributed by atoms with van der Waals surface area (Å²) in [5, 5.41) is 9.90. The van der Waals surface area contributed by atoms with Gasteiger partial charge in [-0.2, -0.15) is 0 Å². The Labute approximate surface area is 192 Å². The molecule has 170 valence electrons. The molecule has 10 heteroatoms. The van der Waals surface area contributed by atoms with Crippen LogP contribution in [0.25, 0.3) is 0 Å². The first kappa shape index (κ1) is 22.9. The highest BCUT2D eigenvalue weighted by molar-refractivity contribution is 7.94. The van der Waals surface area contributed by atoms with Crippen molar-refractivity contribution in [3.63, 3.8) is 0 Å². The van der Waals surface area contributed by atoms with Crippen molar-refractivity contribution in [1.29, 1.82) is 0 Å². The van der Waals surface area contributed by atoms with E-state index in [1.807, 2.05) is 13.8 Å². The molecule has 7 nitrogen and oxygen atoms in total. The van der Waals surface area contributed by atoms with Crippen LogP contribution in [-0.2, 0) is 19.7 Å². The molecule has 1 N–H and O–H groups in total. The molecule has 1 aliphatic rings. The van der Waals surface area contributed by atoms with Crippen molar-refractivity contribution >= 4 is 36.0 Å². The highest BCUT2D eigenvalue weighted by atomic mass is 32.2. The zero-order chi connectivity index (χ0) is 23.1. The van der Waals surface area contributed by atoms with Crippen LogP contribution in [0.15, 0.2) is 67.7 Å². The number of aliphatic hydroxyl groups is 1. The lowest BCUT2D eigenvalue weighted by atomic mass is 10.1. The van der Waals surface area contributed by atoms with Crippen LogP contribution in [0.1, 0.15) is 24.0 Å². The van der Waals surface area contributed by atoms with E-state index < -0.39 is 25.8 Å². The van der Waals surface area contributed by atoms with Crippen LogP contribution in [0.3, 0.4) is 0 Å². The van der Waals surface area contributed by atoms with E-state index in [1.54, 1.807) is 29.2 Å². The third-order valence-electron chi connectivity index (χ3n) is 5.46. The molecule has 1 fully saturated rings. The van der Waals surface area contributed by atoms with Gasteiger partial charge in [-0.3, -0.25) is 0 Å². The fraction of sp³-hybridized carbons (Fsp3) is 0.318. The topological polar surface area (TPSA) is 105 Å². The molecule has 0 bridgehead atoms. The van der Waals surface area contributed by atoms with Gasteiger partial charge in [-0.1, -0.05) is 46.7 Å². The minimum Gasteiger partial charge on any atom is -0.393 e. The van der Waals surface area contributed by atoms with Crippen LogP contribution in [0.2, 0.25) is 0 Å². The van der Waals surface area contributed by atoms with E-state index in [2.05, 4.69) is 4.98 Å². The van der Waals surface area contributed by atoms with Gasteiger partial charge in [-0.15, -0.1) is 0 Å². The van der Waals surface area contributed by atoms with E-state index in [1.165, 1.54) is 24.3 Å². The number of thiazole rings is 1. The molecule has 2 heterocycles. The molecule has 2 aromatic carbocycles. The highest BCUT2D eigenvalue weighted by Crippen LogP contribution is 2.40. The summed E-state index contributed by atoms with van der Waals surface area (Å²) in [4.78, 5) is 6.12. The number of aromatic nitrogens is 1. The van der Waals surface area contributed by atoms with Crippen molar-refractivity contribution in [2.75, 3.05) is 18.0 Å². The van der Waals surface area contributed by atoms with Gasteiger partial charge in [-0.05, 0) is 51.0 Å². The molecule has 4 rings (SSSR count). The Balaban J connectivity index is 1.85. The summed E-state index contributed by atoms with van der Waals surface area (Å²) in [7, 11) is -8.04. The van der Waals surface area contributed by atoms with Gasteiger partial charge >= 0.3 is 0 Å². The molecule has 1 aromatic heterocycles. The molecule has 0 atom stereocenters. The second-order valence-electron chi connectivity index (χ2n) is 7.94. The van der Waals surface area contributed by atoms with Crippen molar-refractivity contribution < 1.29 is 21.9 Å². The maximum Gasteiger partial charge on any atom is 0.233 e. The number of aliphatic hydroxyl groups excluding tert-OH is 1. The van der Waals surface area contributed by atoms with Crippen LogP contribution in [-0.4, -0.2) is 46.1 Å². The number of hydrogen-bond donors (Lipinski definition) is 1. The van der Waals surface area contributed by atoms with Crippen molar-refractivity contribution in [3.8, 4) is 0 Å². The summed E-state index contributed by atoms with van der Waals surface area (Å²) >= 11 is 0.864. The second kappa shape index (κ2) is 8.58. The number of rotatable bonds is 5. The van der Waals surface area contributed by atoms with E-state index in [-0.39, 0.29) is 19.2 Å². The van der Waals surface area contributed by atoms with Crippen molar-refractivity contribution in [2.24, 2.45) is 0 Å². The molecule has 0 saturated carbocycles. The first-order valence-electron chi connectivity index (χ1n) is 10.2. The summed E-state index contributed by atoms with van der Waals surface area (Å²) in [5.41, 5.74) is 1.83. The van der Waals surface area contributed by atoms with Crippen LogP contribution in [0.5, 0.6) is 0 Å². The number of anilines is 1. The smallest absolute Gasteiger partial charge is 0.233 e. The predicted molar refractivity (Wildman–Crippen MR) is 123 cm³/mol. The fourth-order valence-corrected chi connectivity index (χ4v) is 7.96. The van der Waals surface area contributed by atoms with E-state index in [9.17, 15) is 21.9 Å². The first-order chi connectivity index (χ1) is 15.1. The van der Waals surface area contributed by atoms with Gasteiger partial charge in [0.1, 0.15) is 5.00 Å². The minimum absolute atomic E-state index is 0.0611. The second-order valence-corrected chi connectivity index (χ2v) is 12.9. The molecular formula is C22H24N2O5S3. The van der Waals surface area contributed by atoms with Gasteiger partial charge in [0.15, 0.2) is 5.03 Å². The van der Waals surface area contributed by atoms with Crippen LogP contribution in [0, 0.1) is 13.8 Å². The summed E-state index contributed by atoms with van der Waals surface area (Å²) in [6.07, 6.45) is 0.497. The monoisotopic (exact) mass is 492 g/mol. The summed E-state index contributed by atoms with van der Waals surface area (Å²) < 4.78 is 53.2. The minimum atomic E-state index is -4.05. The highest BCUT2D eigenvalue weighted by Gasteiger charge is 2.34. The lowest BCUT2D eigenvalue weighted by molar-refractivity contribution is 0.145. The maximum absolute atomic E-state index is 13.5.